The fraction of sp³-hybridized carbons (Fsp3) is 1.00. The quantitative estimate of drug-likeness (QED) is 0.607. The van der Waals surface area contributed by atoms with E-state index >= 15 is 0 Å². The molecule has 0 bridgehead atoms. The van der Waals surface area contributed by atoms with Crippen molar-refractivity contribution in [3.63, 3.8) is 0 Å². The maximum absolute atomic E-state index is 3.37. The van der Waals surface area contributed by atoms with Crippen LogP contribution in [-0.4, -0.2) is 12.1 Å². The van der Waals surface area contributed by atoms with E-state index in [2.05, 4.69) is 33.0 Å². The van der Waals surface area contributed by atoms with Crippen LogP contribution in [0.25, 0.3) is 0 Å². The molecular formula is C8H21N. The summed E-state index contributed by atoms with van der Waals surface area (Å²) in [4.78, 5) is 0. The van der Waals surface area contributed by atoms with Gasteiger partial charge in [0.1, 0.15) is 0 Å². The van der Waals surface area contributed by atoms with E-state index in [1.165, 1.54) is 6.42 Å². The van der Waals surface area contributed by atoms with Gasteiger partial charge < -0.3 is 5.32 Å². The van der Waals surface area contributed by atoms with Crippen molar-refractivity contribution >= 4 is 0 Å². The van der Waals surface area contributed by atoms with Crippen molar-refractivity contribution in [1.29, 1.82) is 0 Å². The van der Waals surface area contributed by atoms with E-state index < -0.39 is 0 Å². The second-order valence-electron chi connectivity index (χ2n) is 3.18. The summed E-state index contributed by atoms with van der Waals surface area (Å²) < 4.78 is 0. The molecule has 58 valence electrons. The molecule has 0 spiro atoms. The van der Waals surface area contributed by atoms with E-state index in [1.807, 2.05) is 0 Å². The van der Waals surface area contributed by atoms with Gasteiger partial charge in [-0.2, -0.15) is 0 Å². The molecule has 0 radical (unpaired) electrons. The molecule has 0 saturated heterocycles. The van der Waals surface area contributed by atoms with Gasteiger partial charge in [0.15, 0.2) is 0 Å². The standard InChI is InChI=1S/C7H17N.CH4/c1-5-6-8-7(2,3)4;/h8H,5-6H2,1-4H3;1H4. The Hall–Kier alpha value is -0.0400. The average Bonchev–Trinajstić information content (AvgIpc) is 1.59. The van der Waals surface area contributed by atoms with Crippen molar-refractivity contribution in [2.75, 3.05) is 6.54 Å². The molecule has 0 amide bonds. The highest BCUT2D eigenvalue weighted by Gasteiger charge is 2.05. The first-order valence-electron chi connectivity index (χ1n) is 3.31. The zero-order valence-corrected chi connectivity index (χ0v) is 6.41. The Bertz CT molecular complexity index is 52.1. The molecular weight excluding hydrogens is 110 g/mol. The summed E-state index contributed by atoms with van der Waals surface area (Å²) in [6.45, 7) is 9.86. The number of rotatable bonds is 2. The molecule has 0 heterocycles. The molecule has 0 aliphatic carbocycles. The molecule has 1 heteroatoms. The van der Waals surface area contributed by atoms with E-state index in [0.29, 0.717) is 5.54 Å². The van der Waals surface area contributed by atoms with Crippen LogP contribution in [-0.2, 0) is 0 Å². The van der Waals surface area contributed by atoms with E-state index in [-0.39, 0.29) is 7.43 Å². The molecule has 1 nitrogen and oxygen atoms in total. The van der Waals surface area contributed by atoms with Crippen molar-refractivity contribution in [3.8, 4) is 0 Å². The highest BCUT2D eigenvalue weighted by atomic mass is 14.9. The van der Waals surface area contributed by atoms with Crippen LogP contribution >= 0.6 is 0 Å². The smallest absolute Gasteiger partial charge is 0.00965 e. The summed E-state index contributed by atoms with van der Waals surface area (Å²) in [7, 11) is 0. The summed E-state index contributed by atoms with van der Waals surface area (Å²) >= 11 is 0. The lowest BCUT2D eigenvalue weighted by atomic mass is 10.1. The van der Waals surface area contributed by atoms with Crippen molar-refractivity contribution in [1.82, 2.24) is 5.32 Å². The lowest BCUT2D eigenvalue weighted by Crippen LogP contribution is -2.36. The third kappa shape index (κ3) is 11.5. The van der Waals surface area contributed by atoms with Gasteiger partial charge in [-0.05, 0) is 33.7 Å². The Balaban J connectivity index is 0. The van der Waals surface area contributed by atoms with Gasteiger partial charge in [-0.15, -0.1) is 0 Å². The topological polar surface area (TPSA) is 12.0 Å². The third-order valence-electron chi connectivity index (χ3n) is 0.905. The van der Waals surface area contributed by atoms with Crippen molar-refractivity contribution in [2.24, 2.45) is 0 Å². The van der Waals surface area contributed by atoms with E-state index in [0.717, 1.165) is 6.54 Å². The molecule has 0 atom stereocenters. The fourth-order valence-electron chi connectivity index (χ4n) is 0.500. The Kier molecular flexibility index (Phi) is 6.25. The first kappa shape index (κ1) is 11.7. The molecule has 0 aromatic heterocycles. The number of hydrogen-bond donors (Lipinski definition) is 1. The molecule has 0 aromatic carbocycles. The maximum atomic E-state index is 3.37. The van der Waals surface area contributed by atoms with Crippen LogP contribution in [0.1, 0.15) is 41.5 Å². The molecule has 0 rings (SSSR count). The molecule has 0 aliphatic rings. The first-order valence-corrected chi connectivity index (χ1v) is 3.31. The molecule has 0 aliphatic heterocycles. The summed E-state index contributed by atoms with van der Waals surface area (Å²) in [5, 5.41) is 3.37. The van der Waals surface area contributed by atoms with Gasteiger partial charge in [0, 0.05) is 5.54 Å². The minimum atomic E-state index is 0. The molecule has 0 saturated carbocycles. The SMILES string of the molecule is C.CCCNC(C)(C)C. The van der Waals surface area contributed by atoms with Gasteiger partial charge >= 0.3 is 0 Å². The minimum Gasteiger partial charge on any atom is -0.312 e. The van der Waals surface area contributed by atoms with Crippen molar-refractivity contribution in [2.45, 2.75) is 47.1 Å². The van der Waals surface area contributed by atoms with E-state index in [9.17, 15) is 0 Å². The van der Waals surface area contributed by atoms with Gasteiger partial charge in [0.05, 0.1) is 0 Å². The monoisotopic (exact) mass is 131 g/mol. The lowest BCUT2D eigenvalue weighted by molar-refractivity contribution is 0.427. The van der Waals surface area contributed by atoms with Gasteiger partial charge in [0.2, 0.25) is 0 Å². The Morgan fingerprint density at radius 3 is 1.78 bits per heavy atom. The van der Waals surface area contributed by atoms with Crippen LogP contribution in [0.15, 0.2) is 0 Å². The lowest BCUT2D eigenvalue weighted by Gasteiger charge is -2.19. The maximum Gasteiger partial charge on any atom is 0.00965 e. The minimum absolute atomic E-state index is 0. The summed E-state index contributed by atoms with van der Waals surface area (Å²) in [5.41, 5.74) is 0.302. The van der Waals surface area contributed by atoms with Gasteiger partial charge in [-0.1, -0.05) is 14.4 Å². The average molecular weight is 131 g/mol. The highest BCUT2D eigenvalue weighted by molar-refractivity contribution is 4.68. The zero-order chi connectivity index (χ0) is 6.62. The predicted molar refractivity (Wildman–Crippen MR) is 44.8 cm³/mol. The molecule has 0 fully saturated rings. The van der Waals surface area contributed by atoms with Crippen molar-refractivity contribution < 1.29 is 0 Å². The summed E-state index contributed by atoms with van der Waals surface area (Å²) in [5.74, 6) is 0. The Labute approximate surface area is 59.8 Å². The first-order chi connectivity index (χ1) is 3.56. The number of nitrogens with one attached hydrogen (secondary N) is 1. The van der Waals surface area contributed by atoms with Crippen LogP contribution in [0.4, 0.5) is 0 Å². The van der Waals surface area contributed by atoms with Crippen LogP contribution < -0.4 is 5.32 Å². The zero-order valence-electron chi connectivity index (χ0n) is 6.41. The normalized spacial score (nSPS) is 10.7. The Morgan fingerprint density at radius 1 is 1.22 bits per heavy atom. The Morgan fingerprint density at radius 2 is 1.67 bits per heavy atom. The summed E-state index contributed by atoms with van der Waals surface area (Å²) in [6.07, 6.45) is 1.22. The highest BCUT2D eigenvalue weighted by Crippen LogP contribution is 1.96. The van der Waals surface area contributed by atoms with Crippen LogP contribution in [0.3, 0.4) is 0 Å². The fourth-order valence-corrected chi connectivity index (χ4v) is 0.500. The van der Waals surface area contributed by atoms with Gasteiger partial charge in [0.25, 0.3) is 0 Å². The second kappa shape index (κ2) is 4.80. The van der Waals surface area contributed by atoms with Crippen molar-refractivity contribution in [3.05, 3.63) is 0 Å². The van der Waals surface area contributed by atoms with Crippen LogP contribution in [0.5, 0.6) is 0 Å². The third-order valence-corrected chi connectivity index (χ3v) is 0.905. The number of hydrogen-bond acceptors (Lipinski definition) is 1. The molecule has 1 N–H and O–H groups in total. The second-order valence-corrected chi connectivity index (χ2v) is 3.18. The van der Waals surface area contributed by atoms with Crippen LogP contribution in [0.2, 0.25) is 0 Å². The van der Waals surface area contributed by atoms with E-state index in [1.54, 1.807) is 0 Å². The van der Waals surface area contributed by atoms with Gasteiger partial charge in [-0.25, -0.2) is 0 Å². The summed E-state index contributed by atoms with van der Waals surface area (Å²) in [6, 6.07) is 0. The molecule has 0 aromatic rings. The van der Waals surface area contributed by atoms with E-state index in [4.69, 9.17) is 0 Å². The van der Waals surface area contributed by atoms with Gasteiger partial charge in [-0.3, -0.25) is 0 Å². The predicted octanol–water partition coefficient (Wildman–Crippen LogP) is 2.42. The largest absolute Gasteiger partial charge is 0.312 e. The molecule has 9 heavy (non-hydrogen) atoms. The van der Waals surface area contributed by atoms with Crippen LogP contribution in [0, 0.1) is 0 Å². The molecule has 0 unspecified atom stereocenters.